The van der Waals surface area contributed by atoms with Gasteiger partial charge in [-0.2, -0.15) is 0 Å². The molecule has 0 spiro atoms. The van der Waals surface area contributed by atoms with E-state index in [0.717, 1.165) is 0 Å². The van der Waals surface area contributed by atoms with Crippen molar-refractivity contribution in [2.45, 2.75) is 34.1 Å². The summed E-state index contributed by atoms with van der Waals surface area (Å²) in [6.45, 7) is 6.95. The second-order valence-electron chi connectivity index (χ2n) is 3.21. The van der Waals surface area contributed by atoms with Gasteiger partial charge in [0, 0.05) is 11.1 Å². The Morgan fingerprint density at radius 2 is 1.88 bits per heavy atom. The summed E-state index contributed by atoms with van der Waals surface area (Å²) in [5, 5.41) is 18.0. The average Bonchev–Trinajstić information content (AvgIpc) is 2.25. The van der Waals surface area contributed by atoms with Crippen LogP contribution in [0.4, 0.5) is 4.39 Å². The van der Waals surface area contributed by atoms with Crippen molar-refractivity contribution in [3.8, 4) is 5.75 Å². The molecule has 0 amide bonds. The largest absolute Gasteiger partial charge is 0.507 e. The highest BCUT2D eigenvalue weighted by atomic mass is 19.1. The molecule has 0 aliphatic rings. The van der Waals surface area contributed by atoms with Crippen molar-refractivity contribution in [2.75, 3.05) is 0 Å². The van der Waals surface area contributed by atoms with Crippen molar-refractivity contribution < 1.29 is 19.4 Å². The molecule has 16 heavy (non-hydrogen) atoms. The summed E-state index contributed by atoms with van der Waals surface area (Å²) in [6.07, 6.45) is -0.298. The highest BCUT2D eigenvalue weighted by molar-refractivity contribution is 5.71. The zero-order valence-electron chi connectivity index (χ0n) is 9.97. The highest BCUT2D eigenvalue weighted by Gasteiger charge is 2.13. The summed E-state index contributed by atoms with van der Waals surface area (Å²) >= 11 is 0. The number of phenols is 1. The van der Waals surface area contributed by atoms with Gasteiger partial charge in [0.15, 0.2) is 0 Å². The van der Waals surface area contributed by atoms with Crippen molar-refractivity contribution in [2.24, 2.45) is 0 Å². The van der Waals surface area contributed by atoms with Crippen LogP contribution >= 0.6 is 0 Å². The van der Waals surface area contributed by atoms with Crippen LogP contribution in [-0.4, -0.2) is 16.2 Å². The first-order valence-electron chi connectivity index (χ1n) is 5.12. The van der Waals surface area contributed by atoms with E-state index >= 15 is 0 Å². The van der Waals surface area contributed by atoms with Gasteiger partial charge in [-0.1, -0.05) is 13.8 Å². The van der Waals surface area contributed by atoms with E-state index in [0.29, 0.717) is 5.56 Å². The Labute approximate surface area is 94.5 Å². The van der Waals surface area contributed by atoms with Crippen molar-refractivity contribution >= 4 is 5.97 Å². The molecule has 0 saturated carbocycles. The molecule has 0 radical (unpaired) electrons. The van der Waals surface area contributed by atoms with E-state index in [2.05, 4.69) is 0 Å². The predicted octanol–water partition coefficient (Wildman–Crippen LogP) is 2.80. The molecule has 1 aromatic rings. The SMILES string of the molecule is CC.Cc1cc(CC(=O)O)c(O)c(C)c1F. The van der Waals surface area contributed by atoms with Gasteiger partial charge in [0.1, 0.15) is 11.6 Å². The van der Waals surface area contributed by atoms with Gasteiger partial charge in [0.05, 0.1) is 6.42 Å². The number of aryl methyl sites for hydroxylation is 1. The normalized spacial score (nSPS) is 9.31. The Morgan fingerprint density at radius 3 is 2.31 bits per heavy atom. The Kier molecular flexibility index (Phi) is 5.50. The Balaban J connectivity index is 0.00000106. The van der Waals surface area contributed by atoms with Crippen LogP contribution in [0.15, 0.2) is 6.07 Å². The summed E-state index contributed by atoms with van der Waals surface area (Å²) in [5.74, 6) is -1.81. The molecule has 0 aliphatic heterocycles. The molecule has 1 aromatic carbocycles. The topological polar surface area (TPSA) is 57.5 Å². The number of aliphatic carboxylic acids is 1. The lowest BCUT2D eigenvalue weighted by Gasteiger charge is -2.08. The number of hydrogen-bond acceptors (Lipinski definition) is 2. The van der Waals surface area contributed by atoms with Crippen LogP contribution in [0.25, 0.3) is 0 Å². The molecular weight excluding hydrogens is 211 g/mol. The van der Waals surface area contributed by atoms with Crippen LogP contribution in [0.5, 0.6) is 5.75 Å². The van der Waals surface area contributed by atoms with Gasteiger partial charge in [0.2, 0.25) is 0 Å². The van der Waals surface area contributed by atoms with Crippen LogP contribution in [0.3, 0.4) is 0 Å². The fraction of sp³-hybridized carbons (Fsp3) is 0.417. The molecule has 0 saturated heterocycles. The summed E-state index contributed by atoms with van der Waals surface area (Å²) in [5.41, 5.74) is 0.687. The number of hydrogen-bond donors (Lipinski definition) is 2. The minimum absolute atomic E-state index is 0.0984. The van der Waals surface area contributed by atoms with Crippen LogP contribution in [0.1, 0.15) is 30.5 Å². The van der Waals surface area contributed by atoms with E-state index < -0.39 is 11.8 Å². The zero-order chi connectivity index (χ0) is 12.9. The number of carboxylic acids is 1. The number of rotatable bonds is 2. The standard InChI is InChI=1S/C10H11FO3.C2H6/c1-5-3-7(4-8(12)13)10(14)6(2)9(5)11;1-2/h3,14H,4H2,1-2H3,(H,12,13);1-2H3. The minimum Gasteiger partial charge on any atom is -0.507 e. The molecule has 0 heterocycles. The summed E-state index contributed by atoms with van der Waals surface area (Å²) in [6, 6.07) is 1.35. The van der Waals surface area contributed by atoms with Crippen molar-refractivity contribution in [1.29, 1.82) is 0 Å². The van der Waals surface area contributed by atoms with E-state index in [1.807, 2.05) is 13.8 Å². The maximum Gasteiger partial charge on any atom is 0.307 e. The lowest BCUT2D eigenvalue weighted by Crippen LogP contribution is -2.03. The smallest absolute Gasteiger partial charge is 0.307 e. The number of halogens is 1. The molecule has 0 aromatic heterocycles. The Hall–Kier alpha value is -1.58. The van der Waals surface area contributed by atoms with E-state index in [-0.39, 0.29) is 23.3 Å². The molecular formula is C12H17FO3. The lowest BCUT2D eigenvalue weighted by molar-refractivity contribution is -0.136. The molecule has 0 atom stereocenters. The van der Waals surface area contributed by atoms with E-state index in [1.54, 1.807) is 0 Å². The summed E-state index contributed by atoms with van der Waals surface area (Å²) in [7, 11) is 0. The van der Waals surface area contributed by atoms with Gasteiger partial charge in [-0.15, -0.1) is 0 Å². The second kappa shape index (κ2) is 6.10. The van der Waals surface area contributed by atoms with Crippen LogP contribution in [0, 0.1) is 19.7 Å². The monoisotopic (exact) mass is 228 g/mol. The van der Waals surface area contributed by atoms with Crippen LogP contribution < -0.4 is 0 Å². The van der Waals surface area contributed by atoms with Gasteiger partial charge in [-0.3, -0.25) is 4.79 Å². The number of carbonyl (C=O) groups is 1. The van der Waals surface area contributed by atoms with Gasteiger partial charge < -0.3 is 10.2 Å². The van der Waals surface area contributed by atoms with Crippen molar-refractivity contribution in [3.05, 3.63) is 28.6 Å². The van der Waals surface area contributed by atoms with Gasteiger partial charge in [-0.05, 0) is 25.5 Å². The number of phenolic OH excluding ortho intramolecular Hbond substituents is 1. The van der Waals surface area contributed by atoms with Crippen LogP contribution in [0.2, 0.25) is 0 Å². The van der Waals surface area contributed by atoms with Gasteiger partial charge in [-0.25, -0.2) is 4.39 Å². The molecule has 3 nitrogen and oxygen atoms in total. The fourth-order valence-corrected chi connectivity index (χ4v) is 1.33. The summed E-state index contributed by atoms with van der Waals surface area (Å²) in [4.78, 5) is 10.4. The van der Waals surface area contributed by atoms with E-state index in [9.17, 15) is 14.3 Å². The first-order valence-corrected chi connectivity index (χ1v) is 5.12. The number of carboxylic acid groups (broad SMARTS) is 1. The second-order valence-corrected chi connectivity index (χ2v) is 3.21. The van der Waals surface area contributed by atoms with Crippen molar-refractivity contribution in [3.63, 3.8) is 0 Å². The van der Waals surface area contributed by atoms with Gasteiger partial charge in [0.25, 0.3) is 0 Å². The predicted molar refractivity (Wildman–Crippen MR) is 60.2 cm³/mol. The third-order valence-electron chi connectivity index (χ3n) is 2.07. The average molecular weight is 228 g/mol. The fourth-order valence-electron chi connectivity index (χ4n) is 1.33. The maximum atomic E-state index is 13.2. The first kappa shape index (κ1) is 14.4. The molecule has 0 unspecified atom stereocenters. The first-order chi connectivity index (χ1) is 7.43. The zero-order valence-corrected chi connectivity index (χ0v) is 9.97. The molecule has 0 aliphatic carbocycles. The third kappa shape index (κ3) is 3.22. The quantitative estimate of drug-likeness (QED) is 0.818. The maximum absolute atomic E-state index is 13.2. The molecule has 0 fully saturated rings. The lowest BCUT2D eigenvalue weighted by atomic mass is 10.0. The van der Waals surface area contributed by atoms with E-state index in [1.165, 1.54) is 19.9 Å². The highest BCUT2D eigenvalue weighted by Crippen LogP contribution is 2.27. The third-order valence-corrected chi connectivity index (χ3v) is 2.07. The Bertz CT molecular complexity index is 386. The minimum atomic E-state index is -1.05. The van der Waals surface area contributed by atoms with Crippen LogP contribution in [-0.2, 0) is 11.2 Å². The molecule has 1 rings (SSSR count). The van der Waals surface area contributed by atoms with E-state index in [4.69, 9.17) is 5.11 Å². The molecule has 0 bridgehead atoms. The molecule has 90 valence electrons. The number of benzene rings is 1. The number of aromatic hydroxyl groups is 1. The Morgan fingerprint density at radius 1 is 1.38 bits per heavy atom. The summed E-state index contributed by atoms with van der Waals surface area (Å²) < 4.78 is 13.2. The van der Waals surface area contributed by atoms with Crippen molar-refractivity contribution in [1.82, 2.24) is 0 Å². The van der Waals surface area contributed by atoms with Gasteiger partial charge >= 0.3 is 5.97 Å². The molecule has 2 N–H and O–H groups in total. The molecule has 4 heteroatoms.